The Morgan fingerprint density at radius 3 is 2.50 bits per heavy atom. The van der Waals surface area contributed by atoms with Crippen LogP contribution in [0.2, 0.25) is 0 Å². The number of sulfonamides is 1. The maximum absolute atomic E-state index is 13.1. The number of ether oxygens (including phenoxy) is 1. The Morgan fingerprint density at radius 2 is 1.88 bits per heavy atom. The van der Waals surface area contributed by atoms with E-state index in [1.807, 2.05) is 13.8 Å². The van der Waals surface area contributed by atoms with Gasteiger partial charge in [0.15, 0.2) is 0 Å². The number of nitrogens with zero attached hydrogens (tertiary/aromatic N) is 1. The van der Waals surface area contributed by atoms with Crippen LogP contribution < -0.4 is 5.32 Å². The molecule has 3 aliphatic rings. The van der Waals surface area contributed by atoms with E-state index < -0.39 is 10.0 Å². The number of nitrogens with one attached hydrogen (secondary N) is 1. The lowest BCUT2D eigenvalue weighted by molar-refractivity contribution is 0.0779. The van der Waals surface area contributed by atoms with E-state index >= 15 is 0 Å². The van der Waals surface area contributed by atoms with Gasteiger partial charge in [-0.3, -0.25) is 4.79 Å². The number of benzene rings is 1. The number of carbonyl (C=O) groups excluding carboxylic acids is 1. The predicted octanol–water partition coefficient (Wildman–Crippen LogP) is 1.87. The van der Waals surface area contributed by atoms with Gasteiger partial charge < -0.3 is 10.1 Å². The Hall–Kier alpha value is -1.44. The van der Waals surface area contributed by atoms with Crippen LogP contribution in [0.25, 0.3) is 0 Å². The smallest absolute Gasteiger partial charge is 0.251 e. The highest BCUT2D eigenvalue weighted by atomic mass is 32.2. The molecule has 4 rings (SSSR count). The van der Waals surface area contributed by atoms with Crippen LogP contribution in [0.15, 0.2) is 29.2 Å². The molecular formula is C19H26N2O4S. The highest BCUT2D eigenvalue weighted by Crippen LogP contribution is 2.48. The van der Waals surface area contributed by atoms with Crippen LogP contribution in [-0.4, -0.2) is 50.5 Å². The predicted molar refractivity (Wildman–Crippen MR) is 97.2 cm³/mol. The summed E-state index contributed by atoms with van der Waals surface area (Å²) in [5.41, 5.74) is 0.384. The van der Waals surface area contributed by atoms with Crippen molar-refractivity contribution in [3.05, 3.63) is 29.8 Å². The zero-order chi connectivity index (χ0) is 18.5. The van der Waals surface area contributed by atoms with Crippen LogP contribution in [0, 0.1) is 17.8 Å². The summed E-state index contributed by atoms with van der Waals surface area (Å²) < 4.78 is 33.7. The van der Waals surface area contributed by atoms with Crippen molar-refractivity contribution in [1.29, 1.82) is 0 Å². The fourth-order valence-corrected chi connectivity index (χ4v) is 6.02. The molecule has 0 saturated carbocycles. The molecule has 4 atom stereocenters. The van der Waals surface area contributed by atoms with Crippen molar-refractivity contribution in [3.8, 4) is 0 Å². The zero-order valence-corrected chi connectivity index (χ0v) is 16.0. The Morgan fingerprint density at radius 1 is 1.23 bits per heavy atom. The summed E-state index contributed by atoms with van der Waals surface area (Å²) in [4.78, 5) is 12.5. The molecule has 0 unspecified atom stereocenters. The second-order valence-corrected chi connectivity index (χ2v) is 10.0. The van der Waals surface area contributed by atoms with Crippen LogP contribution in [0.1, 0.15) is 37.0 Å². The van der Waals surface area contributed by atoms with Gasteiger partial charge in [0, 0.05) is 37.0 Å². The summed E-state index contributed by atoms with van der Waals surface area (Å²) >= 11 is 0. The number of fused-ring (bicyclic) bond motifs is 5. The van der Waals surface area contributed by atoms with Crippen molar-refractivity contribution >= 4 is 15.9 Å². The highest BCUT2D eigenvalue weighted by molar-refractivity contribution is 7.89. The highest BCUT2D eigenvalue weighted by Gasteiger charge is 2.55. The standard InChI is InChI=1S/C19H26N2O4S/c1-12(2)9-20-19(22)13-4-3-5-14(8-13)26(23,24)21-10-15-16(11-21)18-7-6-17(15)25-18/h3-5,8,12,15-18H,6-7,9-11H2,1-2H3,(H,20,22)/t15-,16+,17+,18-. The fourth-order valence-electron chi connectivity index (χ4n) is 4.46. The van der Waals surface area contributed by atoms with Gasteiger partial charge in [0.1, 0.15) is 0 Å². The first kappa shape index (κ1) is 17.9. The van der Waals surface area contributed by atoms with Crippen molar-refractivity contribution in [2.24, 2.45) is 17.8 Å². The minimum atomic E-state index is -3.59. The Balaban J connectivity index is 1.52. The number of rotatable bonds is 5. The SMILES string of the molecule is CC(C)CNC(=O)c1cccc(S(=O)(=O)N2C[C@@H]3[C@H](C2)[C@H]2CC[C@@H]3O2)c1. The van der Waals surface area contributed by atoms with Crippen LogP contribution in [0.5, 0.6) is 0 Å². The van der Waals surface area contributed by atoms with Gasteiger partial charge in [-0.05, 0) is 37.0 Å². The molecule has 26 heavy (non-hydrogen) atoms. The normalized spacial score (nSPS) is 30.7. The van der Waals surface area contributed by atoms with Crippen molar-refractivity contribution in [1.82, 2.24) is 9.62 Å². The molecule has 0 radical (unpaired) electrons. The first-order chi connectivity index (χ1) is 12.4. The molecule has 0 spiro atoms. The van der Waals surface area contributed by atoms with Crippen molar-refractivity contribution in [2.75, 3.05) is 19.6 Å². The summed E-state index contributed by atoms with van der Waals surface area (Å²) in [7, 11) is -3.59. The largest absolute Gasteiger partial charge is 0.374 e. The summed E-state index contributed by atoms with van der Waals surface area (Å²) in [5.74, 6) is 0.745. The van der Waals surface area contributed by atoms with Crippen LogP contribution in [0.4, 0.5) is 0 Å². The maximum Gasteiger partial charge on any atom is 0.251 e. The van der Waals surface area contributed by atoms with Crippen molar-refractivity contribution in [2.45, 2.75) is 43.8 Å². The third-order valence-corrected chi connectivity index (χ3v) is 7.65. The molecule has 7 heteroatoms. The average molecular weight is 378 g/mol. The lowest BCUT2D eigenvalue weighted by Crippen LogP contribution is -2.32. The molecular weight excluding hydrogens is 352 g/mol. The van der Waals surface area contributed by atoms with Gasteiger partial charge in [-0.2, -0.15) is 4.31 Å². The molecule has 6 nitrogen and oxygen atoms in total. The second-order valence-electron chi connectivity index (χ2n) is 8.07. The maximum atomic E-state index is 13.1. The Bertz CT molecular complexity index is 790. The van der Waals surface area contributed by atoms with Gasteiger partial charge in [0.25, 0.3) is 5.91 Å². The van der Waals surface area contributed by atoms with Gasteiger partial charge in [-0.1, -0.05) is 19.9 Å². The van der Waals surface area contributed by atoms with E-state index in [-0.39, 0.29) is 23.0 Å². The van der Waals surface area contributed by atoms with Gasteiger partial charge in [0.2, 0.25) is 10.0 Å². The lowest BCUT2D eigenvalue weighted by atomic mass is 9.82. The van der Waals surface area contributed by atoms with Gasteiger partial charge in [-0.15, -0.1) is 0 Å². The van der Waals surface area contributed by atoms with Gasteiger partial charge in [0.05, 0.1) is 17.1 Å². The van der Waals surface area contributed by atoms with E-state index in [0.29, 0.717) is 43.0 Å². The summed E-state index contributed by atoms with van der Waals surface area (Å²) in [5, 5.41) is 2.83. The van der Waals surface area contributed by atoms with Gasteiger partial charge >= 0.3 is 0 Å². The van der Waals surface area contributed by atoms with Gasteiger partial charge in [-0.25, -0.2) is 8.42 Å². The number of carbonyl (C=O) groups is 1. The minimum absolute atomic E-state index is 0.197. The van der Waals surface area contributed by atoms with Crippen molar-refractivity contribution in [3.63, 3.8) is 0 Å². The van der Waals surface area contributed by atoms with Crippen LogP contribution >= 0.6 is 0 Å². The third kappa shape index (κ3) is 3.06. The molecule has 3 aliphatic heterocycles. The van der Waals surface area contributed by atoms with Crippen molar-refractivity contribution < 1.29 is 17.9 Å². The van der Waals surface area contributed by atoms with E-state index in [9.17, 15) is 13.2 Å². The van der Waals surface area contributed by atoms with E-state index in [4.69, 9.17) is 4.74 Å². The molecule has 1 aromatic carbocycles. The molecule has 3 saturated heterocycles. The van der Waals surface area contributed by atoms with Crippen LogP contribution in [0.3, 0.4) is 0 Å². The van der Waals surface area contributed by atoms with Crippen LogP contribution in [-0.2, 0) is 14.8 Å². The van der Waals surface area contributed by atoms with E-state index in [0.717, 1.165) is 12.8 Å². The molecule has 1 aromatic rings. The monoisotopic (exact) mass is 378 g/mol. The second kappa shape index (κ2) is 6.62. The van der Waals surface area contributed by atoms with E-state index in [2.05, 4.69) is 5.32 Å². The first-order valence-electron chi connectivity index (χ1n) is 9.40. The fraction of sp³-hybridized carbons (Fsp3) is 0.632. The Labute approximate surface area is 155 Å². The Kier molecular flexibility index (Phi) is 4.57. The van der Waals surface area contributed by atoms with E-state index in [1.165, 1.54) is 6.07 Å². The third-order valence-electron chi connectivity index (χ3n) is 5.82. The zero-order valence-electron chi connectivity index (χ0n) is 15.2. The molecule has 1 amide bonds. The average Bonchev–Trinajstić information content (AvgIpc) is 3.32. The summed E-state index contributed by atoms with van der Waals surface area (Å²) in [6, 6.07) is 6.36. The molecule has 3 fully saturated rings. The summed E-state index contributed by atoms with van der Waals surface area (Å²) in [6.07, 6.45) is 2.54. The molecule has 0 aromatic heterocycles. The summed E-state index contributed by atoms with van der Waals surface area (Å²) in [6.45, 7) is 5.65. The number of hydrogen-bond donors (Lipinski definition) is 1. The number of hydrogen-bond acceptors (Lipinski definition) is 4. The van der Waals surface area contributed by atoms with E-state index in [1.54, 1.807) is 22.5 Å². The quantitative estimate of drug-likeness (QED) is 0.849. The molecule has 142 valence electrons. The molecule has 2 bridgehead atoms. The minimum Gasteiger partial charge on any atom is -0.374 e. The topological polar surface area (TPSA) is 75.7 Å². The molecule has 0 aliphatic carbocycles. The number of amides is 1. The first-order valence-corrected chi connectivity index (χ1v) is 10.8. The lowest BCUT2D eigenvalue weighted by Gasteiger charge is -2.19. The molecule has 3 heterocycles. The molecule has 1 N–H and O–H groups in total.